The minimum atomic E-state index is 0.109. The molecule has 3 heterocycles. The molecule has 2 aromatic heterocycles. The van der Waals surface area contributed by atoms with Gasteiger partial charge in [0.2, 0.25) is 17.6 Å². The predicted octanol–water partition coefficient (Wildman–Crippen LogP) is 4.87. The van der Waals surface area contributed by atoms with Crippen LogP contribution in [0, 0.1) is 0 Å². The van der Waals surface area contributed by atoms with Crippen molar-refractivity contribution >= 4 is 17.2 Å². The van der Waals surface area contributed by atoms with Gasteiger partial charge in [0.15, 0.2) is 0 Å². The Labute approximate surface area is 169 Å². The van der Waals surface area contributed by atoms with E-state index in [-0.39, 0.29) is 11.8 Å². The second-order valence-corrected chi connectivity index (χ2v) is 8.70. The molecule has 0 radical (unpaired) electrons. The fourth-order valence-corrected chi connectivity index (χ4v) is 4.31. The van der Waals surface area contributed by atoms with E-state index in [1.165, 1.54) is 5.56 Å². The quantitative estimate of drug-likeness (QED) is 0.618. The second kappa shape index (κ2) is 8.27. The summed E-state index contributed by atoms with van der Waals surface area (Å²) in [4.78, 5) is 20.3. The van der Waals surface area contributed by atoms with E-state index in [1.54, 1.807) is 11.3 Å². The van der Waals surface area contributed by atoms with Crippen LogP contribution >= 0.6 is 11.3 Å². The molecule has 6 heteroatoms. The van der Waals surface area contributed by atoms with Crippen molar-refractivity contribution in [2.24, 2.45) is 0 Å². The van der Waals surface area contributed by atoms with Crippen LogP contribution in [0.2, 0.25) is 0 Å². The van der Waals surface area contributed by atoms with E-state index in [9.17, 15) is 4.79 Å². The van der Waals surface area contributed by atoms with E-state index >= 15 is 0 Å². The number of aromatic nitrogens is 2. The molecule has 0 N–H and O–H groups in total. The minimum Gasteiger partial charge on any atom is -0.342 e. The molecule has 1 aliphatic rings. The maximum absolute atomic E-state index is 12.6. The van der Waals surface area contributed by atoms with Crippen LogP contribution in [0.4, 0.5) is 0 Å². The Morgan fingerprint density at radius 3 is 2.82 bits per heavy atom. The third-order valence-electron chi connectivity index (χ3n) is 5.31. The van der Waals surface area contributed by atoms with E-state index in [2.05, 4.69) is 36.1 Å². The summed E-state index contributed by atoms with van der Waals surface area (Å²) in [7, 11) is 0. The Hall–Kier alpha value is -2.47. The Morgan fingerprint density at radius 1 is 1.29 bits per heavy atom. The number of rotatable bonds is 5. The van der Waals surface area contributed by atoms with Gasteiger partial charge >= 0.3 is 0 Å². The lowest BCUT2D eigenvalue weighted by atomic mass is 9.97. The van der Waals surface area contributed by atoms with Crippen LogP contribution < -0.4 is 0 Å². The van der Waals surface area contributed by atoms with Crippen LogP contribution in [-0.4, -0.2) is 34.0 Å². The molecule has 0 bridgehead atoms. The third kappa shape index (κ3) is 4.17. The summed E-state index contributed by atoms with van der Waals surface area (Å²) >= 11 is 1.63. The van der Waals surface area contributed by atoms with Gasteiger partial charge in [0.25, 0.3) is 0 Å². The molecule has 1 aromatic carbocycles. The average Bonchev–Trinajstić information content (AvgIpc) is 3.40. The summed E-state index contributed by atoms with van der Waals surface area (Å²) in [5.74, 6) is 2.03. The van der Waals surface area contributed by atoms with Crippen LogP contribution in [0.15, 0.2) is 46.3 Å². The summed E-state index contributed by atoms with van der Waals surface area (Å²) < 4.78 is 5.57. The normalized spacial score (nSPS) is 17.2. The van der Waals surface area contributed by atoms with E-state index < -0.39 is 0 Å². The standard InChI is InChI=1S/C22H25N3O2S/c1-15(2)16-7-9-17(10-8-16)21-23-22(27-24-21)18-5-3-11-25(14-18)20(26)13-19-6-4-12-28-19/h4,6-10,12,15,18H,3,5,11,13-14H2,1-2H3. The molecule has 1 atom stereocenters. The maximum atomic E-state index is 12.6. The molecule has 0 spiro atoms. The number of carbonyl (C=O) groups is 1. The summed E-state index contributed by atoms with van der Waals surface area (Å²) in [6, 6.07) is 12.3. The van der Waals surface area contributed by atoms with E-state index in [4.69, 9.17) is 4.52 Å². The molecule has 5 nitrogen and oxygen atoms in total. The first-order chi connectivity index (χ1) is 13.6. The summed E-state index contributed by atoms with van der Waals surface area (Å²) in [5, 5.41) is 6.19. The molecular weight excluding hydrogens is 370 g/mol. The van der Waals surface area contributed by atoms with Gasteiger partial charge < -0.3 is 9.42 Å². The number of likely N-dealkylation sites (tertiary alicyclic amines) is 1. The van der Waals surface area contributed by atoms with Crippen molar-refractivity contribution in [2.45, 2.75) is 44.9 Å². The number of hydrogen-bond donors (Lipinski definition) is 0. The van der Waals surface area contributed by atoms with E-state index in [0.717, 1.165) is 29.8 Å². The highest BCUT2D eigenvalue weighted by molar-refractivity contribution is 7.10. The molecule has 1 amide bonds. The number of nitrogens with zero attached hydrogens (tertiary/aromatic N) is 3. The number of piperidine rings is 1. The van der Waals surface area contributed by atoms with E-state index in [0.29, 0.717) is 30.6 Å². The molecule has 0 saturated carbocycles. The highest BCUT2D eigenvalue weighted by Crippen LogP contribution is 2.28. The molecule has 0 aliphatic carbocycles. The molecule has 28 heavy (non-hydrogen) atoms. The number of hydrogen-bond acceptors (Lipinski definition) is 5. The van der Waals surface area contributed by atoms with Crippen molar-refractivity contribution in [1.82, 2.24) is 15.0 Å². The molecule has 3 aromatic rings. The number of thiophene rings is 1. The Balaban J connectivity index is 1.43. The molecule has 146 valence electrons. The fourth-order valence-electron chi connectivity index (χ4n) is 3.61. The zero-order chi connectivity index (χ0) is 19.5. The molecule has 1 fully saturated rings. The number of benzene rings is 1. The molecular formula is C22H25N3O2S. The fraction of sp³-hybridized carbons (Fsp3) is 0.409. The van der Waals surface area contributed by atoms with Crippen molar-refractivity contribution in [3.8, 4) is 11.4 Å². The summed E-state index contributed by atoms with van der Waals surface area (Å²) in [6.45, 7) is 5.81. The highest BCUT2D eigenvalue weighted by atomic mass is 32.1. The average molecular weight is 396 g/mol. The zero-order valence-electron chi connectivity index (χ0n) is 16.3. The smallest absolute Gasteiger partial charge is 0.231 e. The van der Waals surface area contributed by atoms with Gasteiger partial charge in [-0.05, 0) is 35.8 Å². The Bertz CT molecular complexity index is 916. The minimum absolute atomic E-state index is 0.109. The largest absolute Gasteiger partial charge is 0.342 e. The maximum Gasteiger partial charge on any atom is 0.231 e. The van der Waals surface area contributed by atoms with Crippen LogP contribution in [0.1, 0.15) is 54.9 Å². The molecule has 4 rings (SSSR count). The second-order valence-electron chi connectivity index (χ2n) is 7.67. The van der Waals surface area contributed by atoms with Gasteiger partial charge in [0.05, 0.1) is 12.3 Å². The zero-order valence-corrected chi connectivity index (χ0v) is 17.1. The monoisotopic (exact) mass is 395 g/mol. The third-order valence-corrected chi connectivity index (χ3v) is 6.18. The lowest BCUT2D eigenvalue weighted by Crippen LogP contribution is -2.39. The number of amides is 1. The van der Waals surface area contributed by atoms with Crippen LogP contribution in [-0.2, 0) is 11.2 Å². The lowest BCUT2D eigenvalue weighted by Gasteiger charge is -2.31. The SMILES string of the molecule is CC(C)c1ccc(-c2noc(C3CCCN(C(=O)Cc4cccs4)C3)n2)cc1. The first kappa shape index (κ1) is 18.9. The number of carbonyl (C=O) groups excluding carboxylic acids is 1. The van der Waals surface area contributed by atoms with Gasteiger partial charge in [-0.15, -0.1) is 11.3 Å². The van der Waals surface area contributed by atoms with Gasteiger partial charge in [0, 0.05) is 23.5 Å². The summed E-state index contributed by atoms with van der Waals surface area (Å²) in [5.41, 5.74) is 2.25. The van der Waals surface area contributed by atoms with E-state index in [1.807, 2.05) is 34.5 Å². The van der Waals surface area contributed by atoms with Crippen molar-refractivity contribution in [3.05, 3.63) is 58.1 Å². The van der Waals surface area contributed by atoms with Crippen molar-refractivity contribution in [2.75, 3.05) is 13.1 Å². The Morgan fingerprint density at radius 2 is 2.11 bits per heavy atom. The molecule has 1 aliphatic heterocycles. The van der Waals surface area contributed by atoms with Crippen molar-refractivity contribution in [3.63, 3.8) is 0 Å². The topological polar surface area (TPSA) is 59.2 Å². The van der Waals surface area contributed by atoms with Crippen LogP contribution in [0.5, 0.6) is 0 Å². The van der Waals surface area contributed by atoms with Crippen molar-refractivity contribution < 1.29 is 9.32 Å². The first-order valence-corrected chi connectivity index (χ1v) is 10.7. The first-order valence-electron chi connectivity index (χ1n) is 9.84. The van der Waals surface area contributed by atoms with Gasteiger partial charge in [-0.25, -0.2) is 0 Å². The van der Waals surface area contributed by atoms with Gasteiger partial charge in [-0.1, -0.05) is 49.3 Å². The van der Waals surface area contributed by atoms with Crippen molar-refractivity contribution in [1.29, 1.82) is 0 Å². The molecule has 1 saturated heterocycles. The van der Waals surface area contributed by atoms with Crippen LogP contribution in [0.25, 0.3) is 11.4 Å². The Kier molecular flexibility index (Phi) is 5.57. The molecule has 1 unspecified atom stereocenters. The van der Waals surface area contributed by atoms with Crippen LogP contribution in [0.3, 0.4) is 0 Å². The van der Waals surface area contributed by atoms with Gasteiger partial charge in [-0.3, -0.25) is 4.79 Å². The lowest BCUT2D eigenvalue weighted by molar-refractivity contribution is -0.131. The van der Waals surface area contributed by atoms with Gasteiger partial charge in [0.1, 0.15) is 0 Å². The van der Waals surface area contributed by atoms with Gasteiger partial charge in [-0.2, -0.15) is 4.98 Å². The highest BCUT2D eigenvalue weighted by Gasteiger charge is 2.28. The summed E-state index contributed by atoms with van der Waals surface area (Å²) in [6.07, 6.45) is 2.40. The predicted molar refractivity (Wildman–Crippen MR) is 110 cm³/mol.